The predicted molar refractivity (Wildman–Crippen MR) is 144 cm³/mol. The summed E-state index contributed by atoms with van der Waals surface area (Å²) in [4.78, 5) is 56.1. The lowest BCUT2D eigenvalue weighted by atomic mass is 9.91. The van der Waals surface area contributed by atoms with E-state index in [2.05, 4.69) is 10.3 Å². The molecule has 2 aromatic rings. The van der Waals surface area contributed by atoms with Crippen LogP contribution < -0.4 is 10.1 Å². The molecule has 0 radical (unpaired) electrons. The third kappa shape index (κ3) is 8.65. The number of pyridine rings is 1. The van der Waals surface area contributed by atoms with Gasteiger partial charge in [-0.05, 0) is 18.9 Å². The average Bonchev–Trinajstić information content (AvgIpc) is 3.00. The van der Waals surface area contributed by atoms with Crippen molar-refractivity contribution in [2.24, 2.45) is 11.8 Å². The number of esters is 3. The molecule has 2 N–H and O–H groups in total. The van der Waals surface area contributed by atoms with Gasteiger partial charge in [0.2, 0.25) is 0 Å². The zero-order valence-corrected chi connectivity index (χ0v) is 23.5. The van der Waals surface area contributed by atoms with Gasteiger partial charge in [-0.1, -0.05) is 44.2 Å². The molecule has 2 heterocycles. The van der Waals surface area contributed by atoms with E-state index in [1.54, 1.807) is 38.1 Å². The van der Waals surface area contributed by atoms with Gasteiger partial charge < -0.3 is 34.1 Å². The molecule has 1 aromatic carbocycles. The SMILES string of the molecule is CC(C)C(=O)OC1[C@H](C)OC(=O)[C@@H](NC(=O)c2nccc(O)c2OCOCCC#N)COC(=O)[C@@H]1Cc1ccccc1. The van der Waals surface area contributed by atoms with Crippen LogP contribution in [0.4, 0.5) is 0 Å². The summed E-state index contributed by atoms with van der Waals surface area (Å²) in [6.07, 6.45) is -0.847. The Kier molecular flexibility index (Phi) is 11.6. The molecule has 0 spiro atoms. The molecule has 1 saturated heterocycles. The molecule has 1 aromatic heterocycles. The largest absolute Gasteiger partial charge is 0.504 e. The number of hydrogen-bond acceptors (Lipinski definition) is 12. The number of carbonyl (C=O) groups is 4. The number of aromatic hydroxyl groups is 1. The number of nitriles is 1. The van der Waals surface area contributed by atoms with Gasteiger partial charge in [0.1, 0.15) is 18.6 Å². The van der Waals surface area contributed by atoms with Crippen molar-refractivity contribution in [1.82, 2.24) is 10.3 Å². The third-order valence-electron chi connectivity index (χ3n) is 6.21. The number of benzene rings is 1. The highest BCUT2D eigenvalue weighted by Crippen LogP contribution is 2.29. The molecule has 4 atom stereocenters. The van der Waals surface area contributed by atoms with Crippen molar-refractivity contribution < 1.29 is 48.0 Å². The van der Waals surface area contributed by atoms with E-state index < -0.39 is 66.3 Å². The standard InChI is InChI=1S/C29H33N3O10/c1-17(2)27(35)42-24-18(3)41-29(37)21(15-39-28(36)20(24)14-19-8-5-4-6-9-19)32-26(34)23-25(22(33)10-12-31-23)40-16-38-13-7-11-30/h4-6,8-10,12,17-18,20-21,24H,7,13-16H2,1-3H3,(H,31,33)(H,32,34)/t18-,20+,21-,24?/m0/s1. The Bertz CT molecular complexity index is 1290. The van der Waals surface area contributed by atoms with Crippen molar-refractivity contribution in [2.45, 2.75) is 51.9 Å². The minimum atomic E-state index is -1.47. The minimum Gasteiger partial charge on any atom is -0.504 e. The van der Waals surface area contributed by atoms with Gasteiger partial charge in [-0.2, -0.15) is 5.26 Å². The number of nitrogens with one attached hydrogen (secondary N) is 1. The van der Waals surface area contributed by atoms with Crippen LogP contribution in [0.2, 0.25) is 0 Å². The maximum atomic E-state index is 13.3. The van der Waals surface area contributed by atoms with Crippen molar-refractivity contribution in [2.75, 3.05) is 20.0 Å². The van der Waals surface area contributed by atoms with Gasteiger partial charge in [0.05, 0.1) is 25.0 Å². The van der Waals surface area contributed by atoms with Gasteiger partial charge in [0.25, 0.3) is 5.91 Å². The lowest BCUT2D eigenvalue weighted by molar-refractivity contribution is -0.176. The Morgan fingerprint density at radius 1 is 1.19 bits per heavy atom. The van der Waals surface area contributed by atoms with Crippen LogP contribution in [0.5, 0.6) is 11.5 Å². The summed E-state index contributed by atoms with van der Waals surface area (Å²) in [5, 5.41) is 21.2. The molecule has 1 amide bonds. The molecule has 3 rings (SSSR count). The summed E-state index contributed by atoms with van der Waals surface area (Å²) in [6, 6.07) is 10.6. The topological polar surface area (TPSA) is 183 Å². The number of hydrogen-bond donors (Lipinski definition) is 2. The number of nitrogens with zero attached hydrogens (tertiary/aromatic N) is 2. The van der Waals surface area contributed by atoms with Gasteiger partial charge in [-0.15, -0.1) is 0 Å². The molecule has 1 fully saturated rings. The van der Waals surface area contributed by atoms with E-state index in [4.69, 9.17) is 28.9 Å². The quantitative estimate of drug-likeness (QED) is 0.170. The zero-order valence-electron chi connectivity index (χ0n) is 23.5. The molecule has 13 heteroatoms. The van der Waals surface area contributed by atoms with Crippen LogP contribution in [0, 0.1) is 23.2 Å². The van der Waals surface area contributed by atoms with Crippen LogP contribution in [0.25, 0.3) is 0 Å². The number of carbonyl (C=O) groups excluding carboxylic acids is 4. The fourth-order valence-corrected chi connectivity index (χ4v) is 4.00. The summed E-state index contributed by atoms with van der Waals surface area (Å²) >= 11 is 0. The molecule has 1 aliphatic rings. The normalized spacial score (nSPS) is 20.6. The Morgan fingerprint density at radius 2 is 1.93 bits per heavy atom. The van der Waals surface area contributed by atoms with E-state index in [0.29, 0.717) is 0 Å². The van der Waals surface area contributed by atoms with E-state index in [0.717, 1.165) is 11.8 Å². The second kappa shape index (κ2) is 15.3. The van der Waals surface area contributed by atoms with Crippen molar-refractivity contribution in [3.63, 3.8) is 0 Å². The summed E-state index contributed by atoms with van der Waals surface area (Å²) in [5.41, 5.74) is 0.392. The second-order valence-corrected chi connectivity index (χ2v) is 9.74. The van der Waals surface area contributed by atoms with Gasteiger partial charge in [-0.3, -0.25) is 14.4 Å². The molecular formula is C29H33N3O10. The minimum absolute atomic E-state index is 0.0647. The van der Waals surface area contributed by atoms with E-state index in [1.807, 2.05) is 12.1 Å². The fraction of sp³-hybridized carbons (Fsp3) is 0.448. The van der Waals surface area contributed by atoms with Gasteiger partial charge in [0, 0.05) is 12.3 Å². The van der Waals surface area contributed by atoms with E-state index in [-0.39, 0.29) is 37.7 Å². The number of amides is 1. The first kappa shape index (κ1) is 31.8. The fourth-order valence-electron chi connectivity index (χ4n) is 4.00. The van der Waals surface area contributed by atoms with E-state index in [1.165, 1.54) is 13.0 Å². The number of rotatable bonds is 11. The average molecular weight is 584 g/mol. The second-order valence-electron chi connectivity index (χ2n) is 9.74. The molecule has 13 nitrogen and oxygen atoms in total. The van der Waals surface area contributed by atoms with Crippen LogP contribution in [-0.2, 0) is 39.8 Å². The lowest BCUT2D eigenvalue weighted by Crippen LogP contribution is -2.47. The first-order valence-electron chi connectivity index (χ1n) is 13.3. The number of aromatic nitrogens is 1. The number of cyclic esters (lactones) is 2. The number of ether oxygens (including phenoxy) is 5. The van der Waals surface area contributed by atoms with Crippen molar-refractivity contribution >= 4 is 23.8 Å². The van der Waals surface area contributed by atoms with Crippen LogP contribution in [0.3, 0.4) is 0 Å². The Labute approximate surface area is 242 Å². The molecule has 224 valence electrons. The highest BCUT2D eigenvalue weighted by Gasteiger charge is 2.42. The Morgan fingerprint density at radius 3 is 2.62 bits per heavy atom. The Balaban J connectivity index is 1.82. The van der Waals surface area contributed by atoms with Crippen molar-refractivity contribution in [3.8, 4) is 17.6 Å². The predicted octanol–water partition coefficient (Wildman–Crippen LogP) is 2.07. The summed E-state index contributed by atoms with van der Waals surface area (Å²) in [7, 11) is 0. The van der Waals surface area contributed by atoms with Gasteiger partial charge in [0.15, 0.2) is 36.1 Å². The molecular weight excluding hydrogens is 550 g/mol. The lowest BCUT2D eigenvalue weighted by Gasteiger charge is -2.29. The van der Waals surface area contributed by atoms with Gasteiger partial charge in [-0.25, -0.2) is 9.78 Å². The zero-order chi connectivity index (χ0) is 30.6. The highest BCUT2D eigenvalue weighted by molar-refractivity contribution is 5.98. The molecule has 0 saturated carbocycles. The summed E-state index contributed by atoms with van der Waals surface area (Å²) in [6.45, 7) is 3.85. The molecule has 1 aliphatic heterocycles. The highest BCUT2D eigenvalue weighted by atomic mass is 16.7. The van der Waals surface area contributed by atoms with Gasteiger partial charge >= 0.3 is 17.9 Å². The van der Waals surface area contributed by atoms with Crippen LogP contribution in [-0.4, -0.2) is 72.2 Å². The first-order chi connectivity index (χ1) is 20.1. The van der Waals surface area contributed by atoms with Crippen molar-refractivity contribution in [3.05, 3.63) is 53.9 Å². The van der Waals surface area contributed by atoms with Crippen LogP contribution >= 0.6 is 0 Å². The molecule has 42 heavy (non-hydrogen) atoms. The monoisotopic (exact) mass is 583 g/mol. The molecule has 0 aliphatic carbocycles. The summed E-state index contributed by atoms with van der Waals surface area (Å²) in [5.74, 6) is -5.49. The first-order valence-corrected chi connectivity index (χ1v) is 13.3. The van der Waals surface area contributed by atoms with E-state index in [9.17, 15) is 24.3 Å². The molecule has 0 bridgehead atoms. The third-order valence-corrected chi connectivity index (χ3v) is 6.21. The maximum Gasteiger partial charge on any atom is 0.332 e. The van der Waals surface area contributed by atoms with E-state index >= 15 is 0 Å². The molecule has 1 unspecified atom stereocenters. The summed E-state index contributed by atoms with van der Waals surface area (Å²) < 4.78 is 27.1. The smallest absolute Gasteiger partial charge is 0.332 e. The van der Waals surface area contributed by atoms with Crippen LogP contribution in [0.1, 0.15) is 43.2 Å². The maximum absolute atomic E-state index is 13.3. The van der Waals surface area contributed by atoms with Crippen LogP contribution in [0.15, 0.2) is 42.6 Å². The van der Waals surface area contributed by atoms with Crippen molar-refractivity contribution in [1.29, 1.82) is 5.26 Å². The Hall–Kier alpha value is -4.70.